The number of aryl methyl sites for hydroxylation is 1. The highest BCUT2D eigenvalue weighted by Crippen LogP contribution is 2.22. The summed E-state index contributed by atoms with van der Waals surface area (Å²) in [6, 6.07) is 2.35. The first-order valence-corrected chi connectivity index (χ1v) is 16.2. The van der Waals surface area contributed by atoms with E-state index in [1.807, 2.05) is 0 Å². The van der Waals surface area contributed by atoms with E-state index < -0.39 is 42.0 Å². The molecule has 0 spiro atoms. The molecule has 3 fully saturated rings. The van der Waals surface area contributed by atoms with Crippen molar-refractivity contribution in [2.75, 3.05) is 19.6 Å². The number of phenols is 1. The van der Waals surface area contributed by atoms with E-state index in [0.717, 1.165) is 5.56 Å². The number of amides is 6. The van der Waals surface area contributed by atoms with Crippen LogP contribution >= 0.6 is 0 Å². The zero-order valence-electron chi connectivity index (χ0n) is 26.2. The van der Waals surface area contributed by atoms with Gasteiger partial charge in [0.25, 0.3) is 0 Å². The maximum Gasteiger partial charge on any atom is 0.245 e. The molecule has 3 aliphatic rings. The lowest BCUT2D eigenvalue weighted by Crippen LogP contribution is -2.59. The molecule has 6 amide bonds. The Morgan fingerprint density at radius 3 is 1.87 bits per heavy atom. The molecule has 4 rings (SSSR count). The number of hydrogen-bond acceptors (Lipinski definition) is 7. The minimum absolute atomic E-state index is 0.105. The third-order valence-electron chi connectivity index (χ3n) is 8.91. The van der Waals surface area contributed by atoms with Crippen LogP contribution in [-0.2, 0) is 35.2 Å². The fraction of sp³-hybridized carbons (Fsp3) is 0.625. The Balaban J connectivity index is 1.60. The molecule has 0 radical (unpaired) electrons. The minimum Gasteiger partial charge on any atom is -0.508 e. The summed E-state index contributed by atoms with van der Waals surface area (Å²) in [5, 5.41) is 20.9. The third-order valence-corrected chi connectivity index (χ3v) is 8.91. The average Bonchev–Trinajstić information content (AvgIpc) is 3.73. The number of carbonyl (C=O) groups excluding carboxylic acids is 6. The molecule has 0 saturated carbocycles. The van der Waals surface area contributed by atoms with Crippen LogP contribution in [0.25, 0.3) is 0 Å². The van der Waals surface area contributed by atoms with Crippen LogP contribution in [0.4, 0.5) is 0 Å². The molecule has 45 heavy (non-hydrogen) atoms. The van der Waals surface area contributed by atoms with Crippen molar-refractivity contribution >= 4 is 35.4 Å². The van der Waals surface area contributed by atoms with Crippen molar-refractivity contribution in [3.05, 3.63) is 29.8 Å². The first kappa shape index (κ1) is 33.7. The molecule has 0 aromatic heterocycles. The molecule has 5 unspecified atom stereocenters. The Hall–Kier alpha value is -4.16. The smallest absolute Gasteiger partial charge is 0.245 e. The molecular formula is C32H46N6O7. The van der Waals surface area contributed by atoms with Gasteiger partial charge in [0.05, 0.1) is 0 Å². The Morgan fingerprint density at radius 1 is 0.711 bits per heavy atom. The maximum atomic E-state index is 13.7. The van der Waals surface area contributed by atoms with E-state index in [1.54, 1.807) is 38.1 Å². The van der Waals surface area contributed by atoms with Gasteiger partial charge in [0.1, 0.15) is 36.0 Å². The molecule has 1 aromatic carbocycles. The first-order chi connectivity index (χ1) is 21.6. The van der Waals surface area contributed by atoms with Gasteiger partial charge in [0.15, 0.2) is 0 Å². The van der Waals surface area contributed by atoms with Crippen molar-refractivity contribution in [3.8, 4) is 5.75 Å². The number of nitrogens with one attached hydrogen (secondary N) is 4. The van der Waals surface area contributed by atoms with Gasteiger partial charge < -0.3 is 36.2 Å². The lowest BCUT2D eigenvalue weighted by atomic mass is 10.0. The van der Waals surface area contributed by atoms with E-state index >= 15 is 0 Å². The second kappa shape index (κ2) is 15.7. The average molecular weight is 627 g/mol. The zero-order chi connectivity index (χ0) is 32.5. The summed E-state index contributed by atoms with van der Waals surface area (Å²) >= 11 is 0. The van der Waals surface area contributed by atoms with E-state index in [1.165, 1.54) is 9.80 Å². The molecule has 1 aromatic rings. The van der Waals surface area contributed by atoms with Crippen LogP contribution in [0.3, 0.4) is 0 Å². The van der Waals surface area contributed by atoms with Crippen LogP contribution in [0.15, 0.2) is 24.3 Å². The SMILES string of the molecule is CCC1NC(=O)CCCNC(=O)C2CCCN2C(=O)C(CC)NC(=O)C(CCc2ccc(O)cc2)NC(=O)C2CCCN2C1=O. The molecule has 3 aliphatic heterocycles. The molecule has 246 valence electrons. The Bertz CT molecular complexity index is 1250. The molecule has 0 aliphatic carbocycles. The molecule has 13 nitrogen and oxygen atoms in total. The van der Waals surface area contributed by atoms with Gasteiger partial charge >= 0.3 is 0 Å². The fourth-order valence-corrected chi connectivity index (χ4v) is 6.31. The third kappa shape index (κ3) is 8.52. The Labute approximate surface area is 263 Å². The van der Waals surface area contributed by atoms with E-state index in [-0.39, 0.29) is 55.2 Å². The predicted octanol–water partition coefficient (Wildman–Crippen LogP) is 0.491. The highest BCUT2D eigenvalue weighted by atomic mass is 16.3. The van der Waals surface area contributed by atoms with Crippen LogP contribution in [0, 0.1) is 0 Å². The molecule has 0 bridgehead atoms. The minimum atomic E-state index is -1.02. The van der Waals surface area contributed by atoms with E-state index in [4.69, 9.17) is 0 Å². The van der Waals surface area contributed by atoms with Gasteiger partial charge in [-0.1, -0.05) is 26.0 Å². The summed E-state index contributed by atoms with van der Waals surface area (Å²) in [6.45, 7) is 4.53. The molecule has 5 N–H and O–H groups in total. The van der Waals surface area contributed by atoms with Crippen LogP contribution in [-0.4, -0.2) is 100 Å². The Morgan fingerprint density at radius 2 is 1.27 bits per heavy atom. The summed E-state index contributed by atoms with van der Waals surface area (Å²) in [6.07, 6.45) is 3.84. The number of hydrogen-bond donors (Lipinski definition) is 5. The second-order valence-electron chi connectivity index (χ2n) is 12.0. The lowest BCUT2D eigenvalue weighted by molar-refractivity contribution is -0.143. The lowest BCUT2D eigenvalue weighted by Gasteiger charge is -2.31. The van der Waals surface area contributed by atoms with Crippen molar-refractivity contribution in [2.45, 2.75) is 108 Å². The first-order valence-electron chi connectivity index (χ1n) is 16.2. The number of rotatable bonds is 5. The summed E-state index contributed by atoms with van der Waals surface area (Å²) < 4.78 is 0. The van der Waals surface area contributed by atoms with E-state index in [0.29, 0.717) is 58.0 Å². The standard InChI is InChI=1S/C32H46N6O7/c1-3-22-31(44)38-19-7-9-26(38)30(43)36-24(16-13-20-11-14-21(39)15-12-20)28(41)35-23(4-2)32(45)37-18-6-8-25(37)29(42)33-17-5-10-27(40)34-22/h11-12,14-15,22-26,39H,3-10,13,16-19H2,1-2H3,(H,33,42)(H,34,40)(H,35,41)(H,36,43). The monoisotopic (exact) mass is 626 g/mol. The highest BCUT2D eigenvalue weighted by Gasteiger charge is 2.40. The van der Waals surface area contributed by atoms with Gasteiger partial charge in [-0.3, -0.25) is 28.8 Å². The van der Waals surface area contributed by atoms with E-state index in [9.17, 15) is 33.9 Å². The van der Waals surface area contributed by atoms with Crippen LogP contribution in [0.1, 0.15) is 77.2 Å². The summed E-state index contributed by atoms with van der Waals surface area (Å²) in [5.74, 6) is -2.25. The van der Waals surface area contributed by atoms with Crippen molar-refractivity contribution in [1.29, 1.82) is 0 Å². The number of carbonyl (C=O) groups is 6. The zero-order valence-corrected chi connectivity index (χ0v) is 26.2. The molecule has 13 heteroatoms. The van der Waals surface area contributed by atoms with Crippen molar-refractivity contribution in [1.82, 2.24) is 31.1 Å². The molecule has 3 saturated heterocycles. The van der Waals surface area contributed by atoms with Crippen LogP contribution in [0.2, 0.25) is 0 Å². The van der Waals surface area contributed by atoms with Crippen LogP contribution in [0.5, 0.6) is 5.75 Å². The number of fused-ring (bicyclic) bond motifs is 2. The molecule has 5 atom stereocenters. The van der Waals surface area contributed by atoms with Crippen molar-refractivity contribution in [2.24, 2.45) is 0 Å². The summed E-state index contributed by atoms with van der Waals surface area (Å²) in [4.78, 5) is 83.2. The van der Waals surface area contributed by atoms with Gasteiger partial charge in [-0.05, 0) is 75.5 Å². The van der Waals surface area contributed by atoms with Gasteiger partial charge in [-0.25, -0.2) is 0 Å². The number of benzene rings is 1. The largest absolute Gasteiger partial charge is 0.508 e. The maximum absolute atomic E-state index is 13.7. The topological polar surface area (TPSA) is 177 Å². The number of aromatic hydroxyl groups is 1. The van der Waals surface area contributed by atoms with Gasteiger partial charge in [-0.15, -0.1) is 0 Å². The van der Waals surface area contributed by atoms with Gasteiger partial charge in [-0.2, -0.15) is 0 Å². The molecule has 3 heterocycles. The van der Waals surface area contributed by atoms with Crippen molar-refractivity contribution in [3.63, 3.8) is 0 Å². The fourth-order valence-electron chi connectivity index (χ4n) is 6.31. The quantitative estimate of drug-likeness (QED) is 0.316. The van der Waals surface area contributed by atoms with Crippen molar-refractivity contribution < 1.29 is 33.9 Å². The summed E-state index contributed by atoms with van der Waals surface area (Å²) in [7, 11) is 0. The molecular weight excluding hydrogens is 580 g/mol. The number of nitrogens with zero attached hydrogens (tertiary/aromatic N) is 2. The second-order valence-corrected chi connectivity index (χ2v) is 12.0. The van der Waals surface area contributed by atoms with E-state index in [2.05, 4.69) is 21.3 Å². The Kier molecular flexibility index (Phi) is 11.8. The van der Waals surface area contributed by atoms with Crippen LogP contribution < -0.4 is 21.3 Å². The highest BCUT2D eigenvalue weighted by molar-refractivity contribution is 5.96. The summed E-state index contributed by atoms with van der Waals surface area (Å²) in [5.41, 5.74) is 0.842. The predicted molar refractivity (Wildman–Crippen MR) is 165 cm³/mol. The van der Waals surface area contributed by atoms with Gasteiger partial charge in [0.2, 0.25) is 35.4 Å². The van der Waals surface area contributed by atoms with Gasteiger partial charge in [0, 0.05) is 26.1 Å². The normalized spacial score (nSPS) is 27.6. The number of phenolic OH excluding ortho intramolecular Hbond substituents is 1.